The molecule has 1 aromatic heterocycles. The number of aliphatic hydroxyl groups is 1. The lowest BCUT2D eigenvalue weighted by Gasteiger charge is -2.27. The molecule has 0 spiro atoms. The minimum Gasteiger partial charge on any atom is -0.503 e. The molecule has 1 aliphatic rings. The van der Waals surface area contributed by atoms with Crippen molar-refractivity contribution in [2.24, 2.45) is 0 Å². The van der Waals surface area contributed by atoms with Crippen LogP contribution in [0.1, 0.15) is 48.0 Å². The molecule has 176 valence electrons. The second-order valence-corrected chi connectivity index (χ2v) is 7.88. The van der Waals surface area contributed by atoms with Gasteiger partial charge in [-0.1, -0.05) is 43.3 Å². The van der Waals surface area contributed by atoms with E-state index in [4.69, 9.17) is 13.9 Å². The van der Waals surface area contributed by atoms with Crippen molar-refractivity contribution >= 4 is 11.7 Å². The molecule has 34 heavy (non-hydrogen) atoms. The van der Waals surface area contributed by atoms with Crippen molar-refractivity contribution in [1.29, 1.82) is 0 Å². The zero-order valence-corrected chi connectivity index (χ0v) is 19.2. The summed E-state index contributed by atoms with van der Waals surface area (Å²) < 4.78 is 16.9. The number of nitrogens with zero attached hydrogens (tertiary/aromatic N) is 1. The van der Waals surface area contributed by atoms with Gasteiger partial charge in [-0.05, 0) is 48.7 Å². The van der Waals surface area contributed by atoms with Gasteiger partial charge in [-0.3, -0.25) is 9.59 Å². The maximum Gasteiger partial charge on any atom is 0.290 e. The summed E-state index contributed by atoms with van der Waals surface area (Å²) in [5.74, 6) is -0.593. The maximum absolute atomic E-state index is 13.3. The predicted octanol–water partition coefficient (Wildman–Crippen LogP) is 5.25. The van der Waals surface area contributed by atoms with Gasteiger partial charge in [-0.2, -0.15) is 0 Å². The van der Waals surface area contributed by atoms with E-state index < -0.39 is 23.5 Å². The number of ketones is 1. The molecule has 4 rings (SSSR count). The third-order valence-corrected chi connectivity index (χ3v) is 5.53. The predicted molar refractivity (Wildman–Crippen MR) is 126 cm³/mol. The molecule has 7 heteroatoms. The smallest absolute Gasteiger partial charge is 0.290 e. The lowest BCUT2D eigenvalue weighted by atomic mass is 9.94. The first kappa shape index (κ1) is 23.2. The van der Waals surface area contributed by atoms with Crippen molar-refractivity contribution in [3.05, 3.63) is 95.1 Å². The summed E-state index contributed by atoms with van der Waals surface area (Å²) in [6.07, 6.45) is 2.22. The third-order valence-electron chi connectivity index (χ3n) is 5.53. The topological polar surface area (TPSA) is 89.2 Å². The number of hydrogen-bond donors (Lipinski definition) is 1. The molecule has 2 heterocycles. The van der Waals surface area contributed by atoms with Gasteiger partial charge in [0.05, 0.1) is 31.1 Å². The van der Waals surface area contributed by atoms with Gasteiger partial charge in [-0.15, -0.1) is 0 Å². The van der Waals surface area contributed by atoms with Gasteiger partial charge in [0.2, 0.25) is 5.78 Å². The Kier molecular flexibility index (Phi) is 7.01. The molecule has 1 amide bonds. The number of amides is 1. The number of rotatable bonds is 10. The van der Waals surface area contributed by atoms with Crippen LogP contribution in [-0.4, -0.2) is 34.9 Å². The second kappa shape index (κ2) is 10.3. The lowest BCUT2D eigenvalue weighted by Crippen LogP contribution is -2.30. The van der Waals surface area contributed by atoms with Gasteiger partial charge >= 0.3 is 0 Å². The number of furan rings is 1. The molecule has 0 fully saturated rings. The van der Waals surface area contributed by atoms with Gasteiger partial charge in [0, 0.05) is 6.54 Å². The average Bonchev–Trinajstić information content (AvgIpc) is 3.47. The molecule has 0 aliphatic carbocycles. The minimum atomic E-state index is -0.829. The molecular formula is C27H27NO6. The van der Waals surface area contributed by atoms with Crippen LogP contribution >= 0.6 is 0 Å². The van der Waals surface area contributed by atoms with E-state index in [9.17, 15) is 14.7 Å². The molecule has 1 N–H and O–H groups in total. The zero-order chi connectivity index (χ0) is 24.1. The molecule has 0 saturated heterocycles. The van der Waals surface area contributed by atoms with E-state index in [-0.39, 0.29) is 17.9 Å². The first-order chi connectivity index (χ1) is 16.5. The zero-order valence-electron chi connectivity index (χ0n) is 19.2. The molecule has 2 aromatic carbocycles. The van der Waals surface area contributed by atoms with Crippen LogP contribution in [0.2, 0.25) is 0 Å². The van der Waals surface area contributed by atoms with Crippen LogP contribution in [0.25, 0.3) is 0 Å². The van der Waals surface area contributed by atoms with Crippen LogP contribution < -0.4 is 9.47 Å². The lowest BCUT2D eigenvalue weighted by molar-refractivity contribution is -0.130. The van der Waals surface area contributed by atoms with Crippen molar-refractivity contribution < 1.29 is 28.6 Å². The largest absolute Gasteiger partial charge is 0.503 e. The Bertz CT molecular complexity index is 1180. The fourth-order valence-corrected chi connectivity index (χ4v) is 4.01. The number of ether oxygens (including phenoxy) is 2. The van der Waals surface area contributed by atoms with Crippen LogP contribution in [0.15, 0.2) is 82.7 Å². The number of carbonyl (C=O) groups is 2. The highest BCUT2D eigenvalue weighted by molar-refractivity contribution is 6.15. The van der Waals surface area contributed by atoms with E-state index >= 15 is 0 Å². The van der Waals surface area contributed by atoms with E-state index in [1.807, 2.05) is 44.2 Å². The minimum absolute atomic E-state index is 0.0273. The van der Waals surface area contributed by atoms with E-state index in [0.717, 1.165) is 12.0 Å². The Labute approximate surface area is 198 Å². The highest BCUT2D eigenvalue weighted by atomic mass is 16.5. The maximum atomic E-state index is 13.3. The molecule has 1 atom stereocenters. The molecule has 0 radical (unpaired) electrons. The normalized spacial score (nSPS) is 15.6. The second-order valence-electron chi connectivity index (χ2n) is 7.88. The highest BCUT2D eigenvalue weighted by Crippen LogP contribution is 2.42. The van der Waals surface area contributed by atoms with Gasteiger partial charge in [0.15, 0.2) is 23.0 Å². The Morgan fingerprint density at radius 2 is 1.82 bits per heavy atom. The monoisotopic (exact) mass is 461 g/mol. The molecule has 0 saturated carbocycles. The van der Waals surface area contributed by atoms with Crippen molar-refractivity contribution in [2.75, 3.05) is 13.2 Å². The third kappa shape index (κ3) is 4.55. The highest BCUT2D eigenvalue weighted by Gasteiger charge is 2.44. The number of Topliss-reactive ketones (excluding diaryl/α,β-unsaturated/α-hetero) is 1. The van der Waals surface area contributed by atoms with Gasteiger partial charge in [0.25, 0.3) is 5.91 Å². The SMILES string of the molecule is CCCOc1ccc(C2C(C(=O)c3ccco3)=C(O)C(=O)N2Cc2ccccc2)cc1OCC. The first-order valence-corrected chi connectivity index (χ1v) is 11.3. The summed E-state index contributed by atoms with van der Waals surface area (Å²) in [6.45, 7) is 5.05. The van der Waals surface area contributed by atoms with Crippen LogP contribution in [0.5, 0.6) is 11.5 Å². The molecule has 1 aliphatic heterocycles. The van der Waals surface area contributed by atoms with Crippen LogP contribution in [0.4, 0.5) is 0 Å². The summed E-state index contributed by atoms with van der Waals surface area (Å²) in [7, 11) is 0. The molecule has 0 bridgehead atoms. The molecule has 1 unspecified atom stereocenters. The van der Waals surface area contributed by atoms with Crippen LogP contribution in [-0.2, 0) is 11.3 Å². The van der Waals surface area contributed by atoms with Gasteiger partial charge in [0.1, 0.15) is 0 Å². The van der Waals surface area contributed by atoms with E-state index in [2.05, 4.69) is 0 Å². The van der Waals surface area contributed by atoms with E-state index in [0.29, 0.717) is 30.3 Å². The fourth-order valence-electron chi connectivity index (χ4n) is 4.01. The standard InChI is InChI=1S/C27H27NO6/c1-3-14-33-20-13-12-19(16-22(20)32-4-2)24-23(25(29)21-11-8-15-34-21)26(30)27(31)28(24)17-18-9-6-5-7-10-18/h5-13,15-16,24,30H,3-4,14,17H2,1-2H3. The number of benzene rings is 2. The van der Waals surface area contributed by atoms with Crippen molar-refractivity contribution in [1.82, 2.24) is 4.90 Å². The Morgan fingerprint density at radius 1 is 1.03 bits per heavy atom. The summed E-state index contributed by atoms with van der Waals surface area (Å²) in [4.78, 5) is 28.0. The van der Waals surface area contributed by atoms with Gasteiger partial charge < -0.3 is 23.9 Å². The fraction of sp³-hybridized carbons (Fsp3) is 0.259. The van der Waals surface area contributed by atoms with Crippen LogP contribution in [0, 0.1) is 0 Å². The van der Waals surface area contributed by atoms with Crippen molar-refractivity contribution in [3.8, 4) is 11.5 Å². The number of aliphatic hydroxyl groups excluding tert-OH is 1. The van der Waals surface area contributed by atoms with Gasteiger partial charge in [-0.25, -0.2) is 0 Å². The van der Waals surface area contributed by atoms with Crippen molar-refractivity contribution in [2.45, 2.75) is 32.9 Å². The number of carbonyl (C=O) groups excluding carboxylic acids is 2. The summed E-state index contributed by atoms with van der Waals surface area (Å²) in [5.41, 5.74) is 1.46. The molecule has 3 aromatic rings. The van der Waals surface area contributed by atoms with E-state index in [1.165, 1.54) is 17.2 Å². The first-order valence-electron chi connectivity index (χ1n) is 11.3. The molecular weight excluding hydrogens is 434 g/mol. The number of hydrogen-bond acceptors (Lipinski definition) is 6. The average molecular weight is 462 g/mol. The Balaban J connectivity index is 1.80. The van der Waals surface area contributed by atoms with E-state index in [1.54, 1.807) is 24.3 Å². The Hall–Kier alpha value is -4.00. The van der Waals surface area contributed by atoms with Crippen LogP contribution in [0.3, 0.4) is 0 Å². The molecule has 7 nitrogen and oxygen atoms in total. The summed E-state index contributed by atoms with van der Waals surface area (Å²) >= 11 is 0. The summed E-state index contributed by atoms with van der Waals surface area (Å²) in [5, 5.41) is 10.8. The summed E-state index contributed by atoms with van der Waals surface area (Å²) in [6, 6.07) is 17.0. The Morgan fingerprint density at radius 3 is 2.50 bits per heavy atom. The van der Waals surface area contributed by atoms with Crippen molar-refractivity contribution in [3.63, 3.8) is 0 Å². The quantitative estimate of drug-likeness (QED) is 0.415.